The zero-order valence-corrected chi connectivity index (χ0v) is 11.1. The van der Waals surface area contributed by atoms with E-state index in [1.54, 1.807) is 11.9 Å². The number of benzene rings is 1. The number of rotatable bonds is 4. The number of nitrogens with zero attached hydrogens (tertiary/aromatic N) is 1. The van der Waals surface area contributed by atoms with Crippen LogP contribution in [0.4, 0.5) is 0 Å². The van der Waals surface area contributed by atoms with E-state index in [9.17, 15) is 9.59 Å². The molecule has 96 valence electrons. The van der Waals surface area contributed by atoms with Crippen LogP contribution < -0.4 is 5.32 Å². The third-order valence-electron chi connectivity index (χ3n) is 2.88. The molecule has 0 spiro atoms. The van der Waals surface area contributed by atoms with Crippen LogP contribution in [0.2, 0.25) is 0 Å². The standard InChI is InChI=1S/C13H16N2O2S/c1-15-8-7-11(13(15)17)14-12(16)9-18-10-5-3-2-4-6-10/h2-6,11H,7-9H2,1H3,(H,14,16)/t11-/m0/s1. The van der Waals surface area contributed by atoms with Crippen molar-refractivity contribution in [1.29, 1.82) is 0 Å². The van der Waals surface area contributed by atoms with Gasteiger partial charge in [0, 0.05) is 18.5 Å². The second-order valence-corrected chi connectivity index (χ2v) is 5.32. The number of hydrogen-bond donors (Lipinski definition) is 1. The Morgan fingerprint density at radius 2 is 2.17 bits per heavy atom. The minimum Gasteiger partial charge on any atom is -0.344 e. The Balaban J connectivity index is 1.78. The van der Waals surface area contributed by atoms with Crippen LogP contribution in [0.15, 0.2) is 35.2 Å². The molecule has 2 amide bonds. The molecule has 1 aromatic carbocycles. The minimum absolute atomic E-state index is 0.00746. The van der Waals surface area contributed by atoms with Crippen molar-refractivity contribution in [2.45, 2.75) is 17.4 Å². The van der Waals surface area contributed by atoms with E-state index in [1.807, 2.05) is 30.3 Å². The predicted octanol–water partition coefficient (Wildman–Crippen LogP) is 1.13. The Kier molecular flexibility index (Phi) is 4.25. The van der Waals surface area contributed by atoms with Gasteiger partial charge < -0.3 is 10.2 Å². The van der Waals surface area contributed by atoms with Gasteiger partial charge in [-0.1, -0.05) is 18.2 Å². The van der Waals surface area contributed by atoms with Crippen molar-refractivity contribution >= 4 is 23.6 Å². The lowest BCUT2D eigenvalue weighted by Gasteiger charge is -2.12. The lowest BCUT2D eigenvalue weighted by Crippen LogP contribution is -2.41. The van der Waals surface area contributed by atoms with Gasteiger partial charge in [0.15, 0.2) is 0 Å². The van der Waals surface area contributed by atoms with Crippen molar-refractivity contribution in [3.8, 4) is 0 Å². The van der Waals surface area contributed by atoms with Crippen molar-refractivity contribution in [2.75, 3.05) is 19.3 Å². The van der Waals surface area contributed by atoms with Gasteiger partial charge in [-0.05, 0) is 18.6 Å². The topological polar surface area (TPSA) is 49.4 Å². The molecule has 1 fully saturated rings. The average molecular weight is 264 g/mol. The lowest BCUT2D eigenvalue weighted by atomic mass is 10.2. The summed E-state index contributed by atoms with van der Waals surface area (Å²) in [5, 5.41) is 2.78. The summed E-state index contributed by atoms with van der Waals surface area (Å²) < 4.78 is 0. The molecule has 1 saturated heterocycles. The summed E-state index contributed by atoms with van der Waals surface area (Å²) in [5.74, 6) is 0.267. The molecule has 0 aromatic heterocycles. The molecule has 0 radical (unpaired) electrons. The first kappa shape index (κ1) is 13.0. The number of hydrogen-bond acceptors (Lipinski definition) is 3. The minimum atomic E-state index is -0.334. The van der Waals surface area contributed by atoms with Gasteiger partial charge in [-0.15, -0.1) is 11.8 Å². The van der Waals surface area contributed by atoms with Gasteiger partial charge in [0.2, 0.25) is 11.8 Å². The van der Waals surface area contributed by atoms with Gasteiger partial charge in [0.25, 0.3) is 0 Å². The molecule has 5 heteroatoms. The summed E-state index contributed by atoms with van der Waals surface area (Å²) in [4.78, 5) is 26.0. The second-order valence-electron chi connectivity index (χ2n) is 4.27. The molecule has 0 bridgehead atoms. The van der Waals surface area contributed by atoms with E-state index >= 15 is 0 Å². The van der Waals surface area contributed by atoms with Gasteiger partial charge in [0.1, 0.15) is 6.04 Å². The molecular formula is C13H16N2O2S. The summed E-state index contributed by atoms with van der Waals surface area (Å²) in [6.07, 6.45) is 0.705. The molecule has 1 atom stereocenters. The summed E-state index contributed by atoms with van der Waals surface area (Å²) in [5.41, 5.74) is 0. The first-order chi connectivity index (χ1) is 8.66. The number of amides is 2. The fraction of sp³-hybridized carbons (Fsp3) is 0.385. The number of carbonyl (C=O) groups is 2. The molecule has 0 unspecified atom stereocenters. The molecule has 4 nitrogen and oxygen atoms in total. The van der Waals surface area contributed by atoms with Crippen LogP contribution in [0, 0.1) is 0 Å². The first-order valence-electron chi connectivity index (χ1n) is 5.89. The van der Waals surface area contributed by atoms with Crippen molar-refractivity contribution in [3.63, 3.8) is 0 Å². The van der Waals surface area contributed by atoms with Crippen LogP contribution in [0.3, 0.4) is 0 Å². The van der Waals surface area contributed by atoms with E-state index in [0.717, 1.165) is 11.4 Å². The van der Waals surface area contributed by atoms with Crippen LogP contribution in [0.5, 0.6) is 0 Å². The molecule has 1 aliphatic rings. The maximum Gasteiger partial charge on any atom is 0.244 e. The fourth-order valence-corrected chi connectivity index (χ4v) is 2.59. The first-order valence-corrected chi connectivity index (χ1v) is 6.87. The predicted molar refractivity (Wildman–Crippen MR) is 71.4 cm³/mol. The Bertz CT molecular complexity index is 436. The van der Waals surface area contributed by atoms with Gasteiger partial charge in [-0.3, -0.25) is 9.59 Å². The Hall–Kier alpha value is -1.49. The molecule has 0 saturated carbocycles. The largest absolute Gasteiger partial charge is 0.344 e. The molecule has 2 rings (SSSR count). The molecule has 1 aromatic rings. The number of nitrogens with one attached hydrogen (secondary N) is 1. The lowest BCUT2D eigenvalue weighted by molar-refractivity contribution is -0.131. The highest BCUT2D eigenvalue weighted by Crippen LogP contribution is 2.16. The third kappa shape index (κ3) is 3.26. The molecule has 1 aliphatic heterocycles. The quantitative estimate of drug-likeness (QED) is 0.829. The van der Waals surface area contributed by atoms with E-state index in [4.69, 9.17) is 0 Å². The molecule has 1 heterocycles. The van der Waals surface area contributed by atoms with E-state index in [1.165, 1.54) is 11.8 Å². The van der Waals surface area contributed by atoms with E-state index in [2.05, 4.69) is 5.32 Å². The zero-order chi connectivity index (χ0) is 13.0. The number of thioether (sulfide) groups is 1. The number of carbonyl (C=O) groups excluding carboxylic acids is 2. The van der Waals surface area contributed by atoms with Crippen LogP contribution >= 0.6 is 11.8 Å². The smallest absolute Gasteiger partial charge is 0.244 e. The summed E-state index contributed by atoms with van der Waals surface area (Å²) >= 11 is 1.48. The van der Waals surface area contributed by atoms with Gasteiger partial charge in [-0.25, -0.2) is 0 Å². The number of likely N-dealkylation sites (tertiary alicyclic amines) is 1. The van der Waals surface area contributed by atoms with Crippen LogP contribution in [-0.2, 0) is 9.59 Å². The van der Waals surface area contributed by atoms with Crippen molar-refractivity contribution < 1.29 is 9.59 Å². The zero-order valence-electron chi connectivity index (χ0n) is 10.3. The van der Waals surface area contributed by atoms with Crippen molar-refractivity contribution in [3.05, 3.63) is 30.3 Å². The highest BCUT2D eigenvalue weighted by atomic mass is 32.2. The summed E-state index contributed by atoms with van der Waals surface area (Å²) in [6.45, 7) is 0.718. The second kappa shape index (κ2) is 5.91. The highest BCUT2D eigenvalue weighted by Gasteiger charge is 2.29. The van der Waals surface area contributed by atoms with Crippen molar-refractivity contribution in [2.24, 2.45) is 0 Å². The molecule has 0 aliphatic carbocycles. The Morgan fingerprint density at radius 1 is 1.44 bits per heavy atom. The van der Waals surface area contributed by atoms with Gasteiger partial charge in [0.05, 0.1) is 5.75 Å². The summed E-state index contributed by atoms with van der Waals surface area (Å²) in [7, 11) is 1.76. The van der Waals surface area contributed by atoms with E-state index in [-0.39, 0.29) is 17.9 Å². The molecule has 18 heavy (non-hydrogen) atoms. The fourth-order valence-electron chi connectivity index (χ4n) is 1.86. The van der Waals surface area contributed by atoms with Gasteiger partial charge in [-0.2, -0.15) is 0 Å². The van der Waals surface area contributed by atoms with Crippen molar-refractivity contribution in [1.82, 2.24) is 10.2 Å². The Morgan fingerprint density at radius 3 is 2.78 bits per heavy atom. The van der Waals surface area contributed by atoms with Crippen LogP contribution in [0.1, 0.15) is 6.42 Å². The monoisotopic (exact) mass is 264 g/mol. The molecular weight excluding hydrogens is 248 g/mol. The normalized spacial score (nSPS) is 19.1. The SMILES string of the molecule is CN1CC[C@H](NC(=O)CSc2ccccc2)C1=O. The highest BCUT2D eigenvalue weighted by molar-refractivity contribution is 8.00. The summed E-state index contributed by atoms with van der Waals surface area (Å²) in [6, 6.07) is 9.42. The van der Waals surface area contributed by atoms with E-state index in [0.29, 0.717) is 12.2 Å². The Labute approximate surface area is 111 Å². The third-order valence-corrected chi connectivity index (χ3v) is 3.89. The van der Waals surface area contributed by atoms with E-state index < -0.39 is 0 Å². The maximum atomic E-state index is 11.7. The molecule has 1 N–H and O–H groups in total. The average Bonchev–Trinajstić information content (AvgIpc) is 2.70. The van der Waals surface area contributed by atoms with Crippen LogP contribution in [0.25, 0.3) is 0 Å². The van der Waals surface area contributed by atoms with Crippen LogP contribution in [-0.4, -0.2) is 42.1 Å². The van der Waals surface area contributed by atoms with Gasteiger partial charge >= 0.3 is 0 Å². The number of likely N-dealkylation sites (N-methyl/N-ethyl adjacent to an activating group) is 1. The maximum absolute atomic E-state index is 11.7.